The maximum Gasteiger partial charge on any atom is 0.122 e. The highest BCUT2D eigenvalue weighted by atomic mass is 16.3. The van der Waals surface area contributed by atoms with Gasteiger partial charge in [-0.2, -0.15) is 0 Å². The summed E-state index contributed by atoms with van der Waals surface area (Å²) >= 11 is 0. The molecule has 3 N–H and O–H groups in total. The topological polar surface area (TPSA) is 60.7 Å². The molecular weight excluding hydrogens is 300 g/mol. The second kappa shape index (κ2) is 8.20. The molecule has 3 nitrogen and oxygen atoms in total. The quantitative estimate of drug-likeness (QED) is 0.459. The van der Waals surface area contributed by atoms with Gasteiger partial charge >= 0.3 is 0 Å². The molecule has 24 heavy (non-hydrogen) atoms. The predicted octanol–water partition coefficient (Wildman–Crippen LogP) is 5.09. The minimum atomic E-state index is -0.917. The first kappa shape index (κ1) is 18.3. The molecule has 2 aliphatic carbocycles. The van der Waals surface area contributed by atoms with Crippen molar-refractivity contribution < 1.29 is 15.3 Å². The van der Waals surface area contributed by atoms with Crippen LogP contribution >= 0.6 is 0 Å². The van der Waals surface area contributed by atoms with Crippen LogP contribution in [0.2, 0.25) is 0 Å². The second-order valence-electron chi connectivity index (χ2n) is 6.85. The van der Waals surface area contributed by atoms with Crippen LogP contribution in [-0.4, -0.2) is 15.3 Å². The van der Waals surface area contributed by atoms with Gasteiger partial charge in [0.15, 0.2) is 0 Å². The third-order valence-corrected chi connectivity index (χ3v) is 4.52. The molecule has 0 saturated carbocycles. The summed E-state index contributed by atoms with van der Waals surface area (Å²) in [4.78, 5) is 0. The highest BCUT2D eigenvalue weighted by Crippen LogP contribution is 2.34. The molecule has 0 spiro atoms. The van der Waals surface area contributed by atoms with E-state index in [4.69, 9.17) is 0 Å². The normalized spacial score (nSPS) is 26.8. The standard InChI is InChI=1S/C21H28O3/c1-14-6-4-8-15(2)10-17-12-21(24)18(13-19(17)22)20(23)11-16(3)9-5-7-14/h7-8,11-13,20,22-24H,4-6,9-10H2,1-3H3/b14-7+,15-8-,16-11+. The Bertz CT molecular complexity index is 681. The summed E-state index contributed by atoms with van der Waals surface area (Å²) in [6.45, 7) is 6.17. The third kappa shape index (κ3) is 5.00. The first-order chi connectivity index (χ1) is 11.4. The number of aromatic hydroxyl groups is 2. The van der Waals surface area contributed by atoms with Crippen molar-refractivity contribution in [2.75, 3.05) is 0 Å². The van der Waals surface area contributed by atoms with Crippen molar-refractivity contribution in [1.29, 1.82) is 0 Å². The summed E-state index contributed by atoms with van der Waals surface area (Å²) in [5.41, 5.74) is 4.63. The van der Waals surface area contributed by atoms with Crippen molar-refractivity contribution in [3.63, 3.8) is 0 Å². The van der Waals surface area contributed by atoms with E-state index in [2.05, 4.69) is 19.1 Å². The molecule has 3 heteroatoms. The van der Waals surface area contributed by atoms with Crippen LogP contribution in [0.5, 0.6) is 11.5 Å². The highest BCUT2D eigenvalue weighted by molar-refractivity contribution is 5.48. The van der Waals surface area contributed by atoms with E-state index in [0.717, 1.165) is 36.8 Å². The number of fused-ring (bicyclic) bond motifs is 10. The van der Waals surface area contributed by atoms with Crippen LogP contribution in [0.4, 0.5) is 0 Å². The Morgan fingerprint density at radius 1 is 0.833 bits per heavy atom. The van der Waals surface area contributed by atoms with Crippen LogP contribution in [0, 0.1) is 0 Å². The molecule has 0 aromatic heterocycles. The first-order valence-electron chi connectivity index (χ1n) is 8.58. The number of hydrogen-bond acceptors (Lipinski definition) is 3. The summed E-state index contributed by atoms with van der Waals surface area (Å²) in [5, 5.41) is 30.8. The van der Waals surface area contributed by atoms with E-state index in [-0.39, 0.29) is 11.5 Å². The van der Waals surface area contributed by atoms with Gasteiger partial charge in [0.25, 0.3) is 0 Å². The van der Waals surface area contributed by atoms with Gasteiger partial charge in [-0.1, -0.05) is 34.9 Å². The van der Waals surface area contributed by atoms with Crippen LogP contribution in [0.15, 0.2) is 47.1 Å². The Hall–Kier alpha value is -2.00. The molecule has 0 fully saturated rings. The fourth-order valence-electron chi connectivity index (χ4n) is 3.02. The maximum absolute atomic E-state index is 10.4. The largest absolute Gasteiger partial charge is 0.508 e. The SMILES string of the molecule is C/C1=C/CC/C(C)=C/CC/C(C)=C/C(O)c2cc(O)c(cc2O)C1. The molecule has 1 atom stereocenters. The number of phenolic OH excluding ortho intramolecular Hbond substituents is 2. The van der Waals surface area contributed by atoms with E-state index in [0.29, 0.717) is 17.5 Å². The van der Waals surface area contributed by atoms with Crippen molar-refractivity contribution in [2.45, 2.75) is 59.0 Å². The van der Waals surface area contributed by atoms with Gasteiger partial charge in [-0.25, -0.2) is 0 Å². The smallest absolute Gasteiger partial charge is 0.122 e. The molecule has 0 amide bonds. The molecule has 130 valence electrons. The maximum atomic E-state index is 10.4. The number of aliphatic hydroxyl groups is 1. The van der Waals surface area contributed by atoms with Crippen LogP contribution < -0.4 is 0 Å². The zero-order valence-electron chi connectivity index (χ0n) is 14.8. The van der Waals surface area contributed by atoms with E-state index in [1.807, 2.05) is 13.8 Å². The Balaban J connectivity index is 2.40. The lowest BCUT2D eigenvalue weighted by molar-refractivity contribution is 0.222. The van der Waals surface area contributed by atoms with Gasteiger partial charge in [-0.15, -0.1) is 0 Å². The van der Waals surface area contributed by atoms with Crippen molar-refractivity contribution >= 4 is 0 Å². The molecule has 0 saturated heterocycles. The van der Waals surface area contributed by atoms with Crippen LogP contribution in [-0.2, 0) is 6.42 Å². The van der Waals surface area contributed by atoms with Gasteiger partial charge in [0.1, 0.15) is 17.6 Å². The molecule has 1 unspecified atom stereocenters. The molecule has 0 heterocycles. The van der Waals surface area contributed by atoms with Gasteiger partial charge in [-0.3, -0.25) is 0 Å². The highest BCUT2D eigenvalue weighted by Gasteiger charge is 2.15. The van der Waals surface area contributed by atoms with Gasteiger partial charge in [0.2, 0.25) is 0 Å². The lowest BCUT2D eigenvalue weighted by atomic mass is 9.97. The van der Waals surface area contributed by atoms with Gasteiger partial charge in [-0.05, 0) is 65.0 Å². The predicted molar refractivity (Wildman–Crippen MR) is 98.2 cm³/mol. The van der Waals surface area contributed by atoms with Crippen molar-refractivity contribution in [3.05, 3.63) is 58.2 Å². The molecule has 3 rings (SSSR count). The summed E-state index contributed by atoms with van der Waals surface area (Å²) in [6.07, 6.45) is 9.68. The molecule has 0 aliphatic heterocycles. The Morgan fingerprint density at radius 3 is 2.17 bits per heavy atom. The van der Waals surface area contributed by atoms with Gasteiger partial charge < -0.3 is 15.3 Å². The molecule has 2 bridgehead atoms. The van der Waals surface area contributed by atoms with E-state index < -0.39 is 6.10 Å². The Labute approximate surface area is 144 Å². The lowest BCUT2D eigenvalue weighted by Gasteiger charge is -2.14. The molecule has 2 aliphatic rings. The molecular formula is C21H28O3. The zero-order valence-corrected chi connectivity index (χ0v) is 14.8. The summed E-state index contributed by atoms with van der Waals surface area (Å²) < 4.78 is 0. The average molecular weight is 328 g/mol. The number of benzene rings is 1. The minimum absolute atomic E-state index is 0.0231. The molecule has 1 aromatic carbocycles. The van der Waals surface area contributed by atoms with Crippen LogP contribution in [0.1, 0.15) is 63.7 Å². The summed E-state index contributed by atoms with van der Waals surface area (Å²) in [6, 6.07) is 3.04. The zero-order chi connectivity index (χ0) is 17.7. The summed E-state index contributed by atoms with van der Waals surface area (Å²) in [5.74, 6) is 0.138. The fraction of sp³-hybridized carbons (Fsp3) is 0.429. The Morgan fingerprint density at radius 2 is 1.46 bits per heavy atom. The fourth-order valence-corrected chi connectivity index (χ4v) is 3.02. The number of phenols is 2. The number of hydrogen-bond donors (Lipinski definition) is 3. The van der Waals surface area contributed by atoms with Crippen LogP contribution in [0.25, 0.3) is 0 Å². The van der Waals surface area contributed by atoms with Gasteiger partial charge in [0, 0.05) is 11.1 Å². The minimum Gasteiger partial charge on any atom is -0.508 e. The van der Waals surface area contributed by atoms with Gasteiger partial charge in [0.05, 0.1) is 0 Å². The third-order valence-electron chi connectivity index (χ3n) is 4.52. The average Bonchev–Trinajstić information content (AvgIpc) is 2.49. The molecule has 1 aromatic rings. The van der Waals surface area contributed by atoms with Crippen molar-refractivity contribution in [3.8, 4) is 11.5 Å². The van der Waals surface area contributed by atoms with E-state index in [1.165, 1.54) is 11.6 Å². The van der Waals surface area contributed by atoms with E-state index in [9.17, 15) is 15.3 Å². The van der Waals surface area contributed by atoms with Crippen molar-refractivity contribution in [2.24, 2.45) is 0 Å². The second-order valence-corrected chi connectivity index (χ2v) is 6.85. The Kier molecular flexibility index (Phi) is 6.27. The number of rotatable bonds is 0. The summed E-state index contributed by atoms with van der Waals surface area (Å²) in [7, 11) is 0. The first-order valence-corrected chi connectivity index (χ1v) is 8.58. The monoisotopic (exact) mass is 328 g/mol. The number of allylic oxidation sites excluding steroid dienone is 5. The molecule has 0 radical (unpaired) electrons. The van der Waals surface area contributed by atoms with Crippen molar-refractivity contribution in [1.82, 2.24) is 0 Å². The lowest BCUT2D eigenvalue weighted by Crippen LogP contribution is -1.98. The van der Waals surface area contributed by atoms with Crippen LogP contribution in [0.3, 0.4) is 0 Å². The van der Waals surface area contributed by atoms with E-state index in [1.54, 1.807) is 12.1 Å². The van der Waals surface area contributed by atoms with E-state index >= 15 is 0 Å². The number of aliphatic hydroxyl groups excluding tert-OH is 1.